The van der Waals surface area contributed by atoms with Crippen LogP contribution in [0.1, 0.15) is 12.6 Å². The van der Waals surface area contributed by atoms with E-state index in [9.17, 15) is 14.7 Å². The van der Waals surface area contributed by atoms with Gasteiger partial charge in [-0.2, -0.15) is 0 Å². The molecule has 0 bridgehead atoms. The van der Waals surface area contributed by atoms with Gasteiger partial charge in [0.25, 0.3) is 5.56 Å². The lowest BCUT2D eigenvalue weighted by atomic mass is 10.2. The summed E-state index contributed by atoms with van der Waals surface area (Å²) in [6.45, 7) is 0.187. The molecule has 1 fully saturated rings. The standard InChI is InChI=1S/C9H12IN3O4/c10-4-3-13(9(16)12-8(4)15)7-1-5(14)6(2-11)17-7/h3,5-7,14H,1-2,11H2,(H,12,15,16)/t5-,6+,7+/m0/s1. The molecule has 1 saturated heterocycles. The molecular formula is C9H12IN3O4. The van der Waals surface area contributed by atoms with E-state index in [4.69, 9.17) is 10.5 Å². The number of rotatable bonds is 2. The van der Waals surface area contributed by atoms with Gasteiger partial charge in [0.15, 0.2) is 0 Å². The SMILES string of the molecule is NC[C@H]1O[C@@H](n2cc(I)c(=O)[nH]c2=O)C[C@@H]1O. The van der Waals surface area contributed by atoms with Crippen molar-refractivity contribution in [2.45, 2.75) is 24.9 Å². The van der Waals surface area contributed by atoms with Gasteiger partial charge in [-0.05, 0) is 22.6 Å². The van der Waals surface area contributed by atoms with Crippen LogP contribution in [0.5, 0.6) is 0 Å². The van der Waals surface area contributed by atoms with Crippen LogP contribution in [0.2, 0.25) is 0 Å². The molecule has 1 aliphatic heterocycles. The summed E-state index contributed by atoms with van der Waals surface area (Å²) in [5, 5.41) is 9.64. The van der Waals surface area contributed by atoms with Gasteiger partial charge in [-0.15, -0.1) is 0 Å². The van der Waals surface area contributed by atoms with Gasteiger partial charge in [-0.3, -0.25) is 14.3 Å². The summed E-state index contributed by atoms with van der Waals surface area (Å²) >= 11 is 1.83. The second kappa shape index (κ2) is 4.88. The van der Waals surface area contributed by atoms with Gasteiger partial charge in [0.2, 0.25) is 0 Å². The largest absolute Gasteiger partial charge is 0.390 e. The average molecular weight is 353 g/mol. The molecule has 0 aliphatic carbocycles. The molecular weight excluding hydrogens is 341 g/mol. The Morgan fingerprint density at radius 1 is 1.65 bits per heavy atom. The number of nitrogens with one attached hydrogen (secondary N) is 1. The molecule has 2 rings (SSSR count). The molecule has 0 aromatic carbocycles. The topological polar surface area (TPSA) is 110 Å². The number of aliphatic hydroxyl groups excluding tert-OH is 1. The summed E-state index contributed by atoms with van der Waals surface area (Å²) < 4.78 is 7.10. The van der Waals surface area contributed by atoms with E-state index < -0.39 is 29.7 Å². The van der Waals surface area contributed by atoms with E-state index in [2.05, 4.69) is 4.98 Å². The maximum absolute atomic E-state index is 11.6. The van der Waals surface area contributed by atoms with Crippen LogP contribution >= 0.6 is 22.6 Å². The number of aromatic amines is 1. The summed E-state index contributed by atoms with van der Waals surface area (Å²) in [5.74, 6) is 0. The molecule has 17 heavy (non-hydrogen) atoms. The lowest BCUT2D eigenvalue weighted by Gasteiger charge is -2.14. The Morgan fingerprint density at radius 3 is 2.94 bits per heavy atom. The van der Waals surface area contributed by atoms with Crippen LogP contribution in [0.25, 0.3) is 0 Å². The number of hydrogen-bond donors (Lipinski definition) is 3. The van der Waals surface area contributed by atoms with Gasteiger partial charge in [0.1, 0.15) is 6.23 Å². The van der Waals surface area contributed by atoms with E-state index in [1.807, 2.05) is 22.6 Å². The van der Waals surface area contributed by atoms with Crippen LogP contribution in [0.15, 0.2) is 15.8 Å². The Morgan fingerprint density at radius 2 is 2.35 bits per heavy atom. The van der Waals surface area contributed by atoms with E-state index >= 15 is 0 Å². The summed E-state index contributed by atoms with van der Waals surface area (Å²) in [5.41, 5.74) is 4.44. The van der Waals surface area contributed by atoms with Crippen LogP contribution in [-0.4, -0.2) is 33.4 Å². The first-order chi connectivity index (χ1) is 8.02. The zero-order valence-electron chi connectivity index (χ0n) is 8.80. The van der Waals surface area contributed by atoms with Gasteiger partial charge in [0.05, 0.1) is 15.8 Å². The zero-order chi connectivity index (χ0) is 12.6. The Labute approximate surface area is 110 Å². The highest BCUT2D eigenvalue weighted by atomic mass is 127. The fourth-order valence-corrected chi connectivity index (χ4v) is 2.21. The molecule has 7 nitrogen and oxygen atoms in total. The van der Waals surface area contributed by atoms with E-state index in [0.29, 0.717) is 3.57 Å². The predicted octanol–water partition coefficient (Wildman–Crippen LogP) is -1.25. The zero-order valence-corrected chi connectivity index (χ0v) is 11.0. The van der Waals surface area contributed by atoms with Gasteiger partial charge in [0, 0.05) is 19.2 Å². The number of aromatic nitrogens is 2. The molecule has 4 N–H and O–H groups in total. The van der Waals surface area contributed by atoms with E-state index in [1.165, 1.54) is 10.8 Å². The molecule has 2 heterocycles. The lowest BCUT2D eigenvalue weighted by molar-refractivity contribution is -0.0152. The summed E-state index contributed by atoms with van der Waals surface area (Å²) in [6.07, 6.45) is -0.0589. The molecule has 0 radical (unpaired) electrons. The Hall–Kier alpha value is -0.710. The number of halogens is 1. The summed E-state index contributed by atoms with van der Waals surface area (Å²) in [6, 6.07) is 0. The van der Waals surface area contributed by atoms with Crippen molar-refractivity contribution in [3.8, 4) is 0 Å². The Kier molecular flexibility index (Phi) is 3.66. The maximum Gasteiger partial charge on any atom is 0.330 e. The minimum absolute atomic E-state index is 0.187. The number of nitrogens with two attached hydrogens (primary N) is 1. The van der Waals surface area contributed by atoms with Gasteiger partial charge < -0.3 is 15.6 Å². The summed E-state index contributed by atoms with van der Waals surface area (Å²) in [4.78, 5) is 25.0. The molecule has 0 spiro atoms. The van der Waals surface area contributed by atoms with Crippen LogP contribution in [-0.2, 0) is 4.74 Å². The summed E-state index contributed by atoms with van der Waals surface area (Å²) in [7, 11) is 0. The highest BCUT2D eigenvalue weighted by molar-refractivity contribution is 14.1. The van der Waals surface area contributed by atoms with Crippen LogP contribution in [0.4, 0.5) is 0 Å². The second-order valence-electron chi connectivity index (χ2n) is 3.81. The van der Waals surface area contributed by atoms with Gasteiger partial charge >= 0.3 is 5.69 Å². The van der Waals surface area contributed by atoms with E-state index in [-0.39, 0.29) is 13.0 Å². The van der Waals surface area contributed by atoms with Crippen molar-refractivity contribution in [1.29, 1.82) is 0 Å². The predicted molar refractivity (Wildman–Crippen MR) is 67.6 cm³/mol. The van der Waals surface area contributed by atoms with Gasteiger partial charge in [-0.25, -0.2) is 4.79 Å². The molecule has 8 heteroatoms. The van der Waals surface area contributed by atoms with Crippen molar-refractivity contribution < 1.29 is 9.84 Å². The lowest BCUT2D eigenvalue weighted by Crippen LogP contribution is -2.34. The molecule has 1 aromatic rings. The highest BCUT2D eigenvalue weighted by Crippen LogP contribution is 2.26. The molecule has 1 aliphatic rings. The fraction of sp³-hybridized carbons (Fsp3) is 0.556. The maximum atomic E-state index is 11.6. The van der Waals surface area contributed by atoms with Crippen molar-refractivity contribution in [1.82, 2.24) is 9.55 Å². The molecule has 94 valence electrons. The van der Waals surface area contributed by atoms with E-state index in [0.717, 1.165) is 0 Å². The monoisotopic (exact) mass is 353 g/mol. The average Bonchev–Trinajstić information content (AvgIpc) is 2.65. The van der Waals surface area contributed by atoms with Crippen molar-refractivity contribution in [3.63, 3.8) is 0 Å². The van der Waals surface area contributed by atoms with Crippen molar-refractivity contribution >= 4 is 22.6 Å². The Bertz CT molecular complexity index is 526. The van der Waals surface area contributed by atoms with Crippen LogP contribution in [0.3, 0.4) is 0 Å². The second-order valence-corrected chi connectivity index (χ2v) is 4.97. The number of nitrogens with zero attached hydrogens (tertiary/aromatic N) is 1. The van der Waals surface area contributed by atoms with Crippen molar-refractivity contribution in [3.05, 3.63) is 30.6 Å². The minimum Gasteiger partial charge on any atom is -0.390 e. The number of H-pyrrole nitrogens is 1. The third kappa shape index (κ3) is 2.44. The minimum atomic E-state index is -0.693. The van der Waals surface area contributed by atoms with Crippen molar-refractivity contribution in [2.75, 3.05) is 6.54 Å². The third-order valence-corrected chi connectivity index (χ3v) is 3.44. The van der Waals surface area contributed by atoms with Gasteiger partial charge in [-0.1, -0.05) is 0 Å². The van der Waals surface area contributed by atoms with Crippen molar-refractivity contribution in [2.24, 2.45) is 5.73 Å². The molecule has 3 atom stereocenters. The molecule has 0 saturated carbocycles. The number of ether oxygens (including phenoxy) is 1. The Balaban J connectivity index is 2.34. The number of hydrogen-bond acceptors (Lipinski definition) is 5. The quantitative estimate of drug-likeness (QED) is 0.576. The number of aliphatic hydroxyl groups is 1. The first-order valence-corrected chi connectivity index (χ1v) is 6.15. The highest BCUT2D eigenvalue weighted by Gasteiger charge is 2.34. The first kappa shape index (κ1) is 12.7. The first-order valence-electron chi connectivity index (χ1n) is 5.07. The molecule has 0 amide bonds. The van der Waals surface area contributed by atoms with E-state index in [1.54, 1.807) is 0 Å². The fourth-order valence-electron chi connectivity index (χ4n) is 1.77. The molecule has 1 aromatic heterocycles. The van der Waals surface area contributed by atoms with Crippen LogP contribution in [0, 0.1) is 3.57 Å². The molecule has 0 unspecified atom stereocenters. The third-order valence-electron chi connectivity index (χ3n) is 2.67. The smallest absolute Gasteiger partial charge is 0.330 e. The normalized spacial score (nSPS) is 28.5. The van der Waals surface area contributed by atoms with Crippen LogP contribution < -0.4 is 17.0 Å².